The Hall–Kier alpha value is -0.590. The van der Waals surface area contributed by atoms with Crippen molar-refractivity contribution in [1.82, 2.24) is 0 Å². The van der Waals surface area contributed by atoms with Crippen molar-refractivity contribution < 1.29 is 24.9 Å². The first-order chi connectivity index (χ1) is 5.57. The minimum atomic E-state index is -1.47. The first-order valence-electron chi connectivity index (χ1n) is 3.20. The van der Waals surface area contributed by atoms with Gasteiger partial charge >= 0.3 is 5.97 Å². The van der Waals surface area contributed by atoms with E-state index in [4.69, 9.17) is 15.3 Å². The van der Waals surface area contributed by atoms with Gasteiger partial charge in [-0.2, -0.15) is 11.8 Å². The van der Waals surface area contributed by atoms with Crippen molar-refractivity contribution in [2.45, 2.75) is 6.10 Å². The molecule has 0 heterocycles. The molecule has 0 aliphatic rings. The lowest BCUT2D eigenvalue weighted by Crippen LogP contribution is -2.19. The van der Waals surface area contributed by atoms with Gasteiger partial charge in [-0.1, -0.05) is 0 Å². The van der Waals surface area contributed by atoms with Gasteiger partial charge in [-0.3, -0.25) is 4.79 Å². The van der Waals surface area contributed by atoms with Crippen LogP contribution in [-0.4, -0.2) is 51.3 Å². The van der Waals surface area contributed by atoms with Gasteiger partial charge < -0.3 is 15.3 Å². The van der Waals surface area contributed by atoms with Gasteiger partial charge in [-0.15, -0.1) is 0 Å². The Morgan fingerprint density at radius 2 is 2.00 bits per heavy atom. The van der Waals surface area contributed by atoms with E-state index < -0.39 is 17.9 Å². The fourth-order valence-electron chi connectivity index (χ4n) is 0.402. The summed E-state index contributed by atoms with van der Waals surface area (Å²) in [5.41, 5.74) is 0. The Morgan fingerprint density at radius 1 is 1.42 bits per heavy atom. The van der Waals surface area contributed by atoms with Crippen LogP contribution in [0.5, 0.6) is 0 Å². The fourth-order valence-corrected chi connectivity index (χ4v) is 1.21. The zero-order chi connectivity index (χ0) is 9.56. The number of carbonyl (C=O) groups is 2. The van der Waals surface area contributed by atoms with Crippen LogP contribution in [0.4, 0.5) is 0 Å². The maximum absolute atomic E-state index is 10.4. The van der Waals surface area contributed by atoms with Crippen LogP contribution in [0.3, 0.4) is 0 Å². The third-order valence-corrected chi connectivity index (χ3v) is 2.08. The van der Waals surface area contributed by atoms with E-state index in [2.05, 4.69) is 0 Å². The van der Waals surface area contributed by atoms with Crippen LogP contribution in [0.2, 0.25) is 0 Å². The number of aliphatic hydroxyl groups is 2. The highest BCUT2D eigenvalue weighted by Gasteiger charge is 2.11. The average molecular weight is 194 g/mol. The van der Waals surface area contributed by atoms with Gasteiger partial charge in [0.05, 0.1) is 18.5 Å². The van der Waals surface area contributed by atoms with Crippen LogP contribution in [0.15, 0.2) is 0 Å². The molecule has 0 amide bonds. The molecule has 0 rings (SSSR count). The third-order valence-electron chi connectivity index (χ3n) is 0.993. The molecular weight excluding hydrogens is 184 g/mol. The highest BCUT2D eigenvalue weighted by molar-refractivity contribution is 8.00. The maximum atomic E-state index is 10.4. The molecule has 0 aliphatic heterocycles. The van der Waals surface area contributed by atoms with Gasteiger partial charge in [-0.05, 0) is 0 Å². The van der Waals surface area contributed by atoms with Crippen LogP contribution < -0.4 is 0 Å². The Morgan fingerprint density at radius 3 is 2.42 bits per heavy atom. The molecule has 1 atom stereocenters. The summed E-state index contributed by atoms with van der Waals surface area (Å²) < 4.78 is 0. The fraction of sp³-hybridized carbons (Fsp3) is 0.667. The number of rotatable bonds is 6. The predicted molar refractivity (Wildman–Crippen MR) is 43.1 cm³/mol. The molecule has 3 N–H and O–H groups in total. The second-order valence-electron chi connectivity index (χ2n) is 2.08. The predicted octanol–water partition coefficient (Wildman–Crippen LogP) is -1.27. The summed E-state index contributed by atoms with van der Waals surface area (Å²) in [4.78, 5) is 20.4. The third kappa shape index (κ3) is 5.11. The molecule has 5 nitrogen and oxygen atoms in total. The molecule has 12 heavy (non-hydrogen) atoms. The summed E-state index contributed by atoms with van der Waals surface area (Å²) in [6.07, 6.45) is -0.892. The number of carboxylic acids is 1. The van der Waals surface area contributed by atoms with Crippen LogP contribution in [0, 0.1) is 0 Å². The van der Waals surface area contributed by atoms with Crippen molar-refractivity contribution >= 4 is 23.5 Å². The number of ketones is 1. The molecule has 0 aromatic heterocycles. The number of carbonyl (C=O) groups excluding carboxylic acids is 1. The van der Waals surface area contributed by atoms with Gasteiger partial charge in [0.25, 0.3) is 0 Å². The number of thioether (sulfide) groups is 1. The topological polar surface area (TPSA) is 94.8 Å². The van der Waals surface area contributed by atoms with Gasteiger partial charge in [0.2, 0.25) is 5.78 Å². The molecule has 0 saturated heterocycles. The second kappa shape index (κ2) is 5.99. The number of Topliss-reactive ketones (excluding diaryl/α,β-unsaturated/α-hetero) is 1. The number of hydrogen-bond donors (Lipinski definition) is 3. The number of hydrogen-bond acceptors (Lipinski definition) is 5. The zero-order valence-electron chi connectivity index (χ0n) is 6.27. The van der Waals surface area contributed by atoms with Crippen molar-refractivity contribution in [3.8, 4) is 0 Å². The molecule has 6 heteroatoms. The number of carboxylic acid groups (broad SMARTS) is 1. The van der Waals surface area contributed by atoms with Crippen molar-refractivity contribution in [3.63, 3.8) is 0 Å². The van der Waals surface area contributed by atoms with Crippen molar-refractivity contribution in [3.05, 3.63) is 0 Å². The normalized spacial score (nSPS) is 12.5. The Balaban J connectivity index is 3.44. The number of aliphatic hydroxyl groups excluding tert-OH is 2. The van der Waals surface area contributed by atoms with E-state index in [-0.39, 0.29) is 18.1 Å². The summed E-state index contributed by atoms with van der Waals surface area (Å²) in [5, 5.41) is 25.3. The SMILES string of the molecule is O=C(O)C(=O)CSCC(O)CO. The van der Waals surface area contributed by atoms with E-state index in [1.165, 1.54) is 0 Å². The molecule has 0 aliphatic carbocycles. The molecule has 0 aromatic rings. The molecule has 0 spiro atoms. The van der Waals surface area contributed by atoms with Crippen LogP contribution >= 0.6 is 11.8 Å². The highest BCUT2D eigenvalue weighted by atomic mass is 32.2. The van der Waals surface area contributed by atoms with Crippen molar-refractivity contribution in [1.29, 1.82) is 0 Å². The summed E-state index contributed by atoms with van der Waals surface area (Å²) in [7, 11) is 0. The first kappa shape index (κ1) is 11.4. The molecule has 70 valence electrons. The van der Waals surface area contributed by atoms with Gasteiger partial charge in [0.15, 0.2) is 0 Å². The standard InChI is InChI=1S/C6H10O5S/c7-1-4(8)2-12-3-5(9)6(10)11/h4,7-8H,1-3H2,(H,10,11). The summed E-state index contributed by atoms with van der Waals surface area (Å²) in [6.45, 7) is -0.381. The quantitative estimate of drug-likeness (QED) is 0.456. The van der Waals surface area contributed by atoms with E-state index in [1.54, 1.807) is 0 Å². The van der Waals surface area contributed by atoms with Crippen molar-refractivity contribution in [2.75, 3.05) is 18.1 Å². The van der Waals surface area contributed by atoms with Crippen LogP contribution in [-0.2, 0) is 9.59 Å². The molecule has 0 saturated carbocycles. The molecule has 0 aromatic carbocycles. The lowest BCUT2D eigenvalue weighted by Gasteiger charge is -2.03. The minimum absolute atomic E-state index is 0.162. The molecular formula is C6H10O5S. The molecule has 0 fully saturated rings. The maximum Gasteiger partial charge on any atom is 0.373 e. The minimum Gasteiger partial charge on any atom is -0.475 e. The van der Waals surface area contributed by atoms with Gasteiger partial charge in [0, 0.05) is 5.75 Å². The summed E-state index contributed by atoms with van der Waals surface area (Å²) in [5.74, 6) is -2.38. The van der Waals surface area contributed by atoms with E-state index in [0.717, 1.165) is 11.8 Å². The second-order valence-corrected chi connectivity index (χ2v) is 3.11. The Labute approximate surface area is 73.4 Å². The van der Waals surface area contributed by atoms with E-state index >= 15 is 0 Å². The zero-order valence-corrected chi connectivity index (χ0v) is 7.08. The van der Waals surface area contributed by atoms with Crippen molar-refractivity contribution in [2.24, 2.45) is 0 Å². The van der Waals surface area contributed by atoms with Gasteiger partial charge in [-0.25, -0.2) is 4.79 Å². The molecule has 0 radical (unpaired) electrons. The average Bonchev–Trinajstić information content (AvgIpc) is 2.03. The molecule has 0 bridgehead atoms. The Kier molecular flexibility index (Phi) is 5.69. The highest BCUT2D eigenvalue weighted by Crippen LogP contribution is 2.02. The van der Waals surface area contributed by atoms with E-state index in [1.807, 2.05) is 0 Å². The molecule has 1 unspecified atom stereocenters. The lowest BCUT2D eigenvalue weighted by atomic mass is 10.4. The Bertz CT molecular complexity index is 169. The largest absolute Gasteiger partial charge is 0.475 e. The first-order valence-corrected chi connectivity index (χ1v) is 4.36. The van der Waals surface area contributed by atoms with E-state index in [9.17, 15) is 9.59 Å². The number of aliphatic carboxylic acids is 1. The summed E-state index contributed by atoms with van der Waals surface area (Å²) >= 11 is 0.982. The lowest BCUT2D eigenvalue weighted by molar-refractivity contribution is -0.147. The van der Waals surface area contributed by atoms with Gasteiger partial charge in [0.1, 0.15) is 0 Å². The summed E-state index contributed by atoms with van der Waals surface area (Å²) in [6, 6.07) is 0. The van der Waals surface area contributed by atoms with Crippen LogP contribution in [0.25, 0.3) is 0 Å². The van der Waals surface area contributed by atoms with Crippen LogP contribution in [0.1, 0.15) is 0 Å². The van der Waals surface area contributed by atoms with E-state index in [0.29, 0.717) is 0 Å². The monoisotopic (exact) mass is 194 g/mol. The smallest absolute Gasteiger partial charge is 0.373 e.